The summed E-state index contributed by atoms with van der Waals surface area (Å²) in [5, 5.41) is 7.62. The van der Waals surface area contributed by atoms with Crippen molar-refractivity contribution >= 4 is 85.1 Å². The standard InChI is InChI=1S/C25H20Cl2N4O3S2/c26-15-3-8-18-20(14-15)36-22(21(18)27)23(32)29-25(35)28-16-4-6-17(7-5-16)30-9-11-31(12-10-30)24(33)19-2-1-13-34-19/h1-8,13-14H,9-12H2,(H2,28,29,32,35). The van der Waals surface area contributed by atoms with Crippen molar-refractivity contribution < 1.29 is 14.0 Å². The highest BCUT2D eigenvalue weighted by Crippen LogP contribution is 2.36. The fourth-order valence-corrected chi connectivity index (χ4v) is 5.89. The third-order valence-corrected chi connectivity index (χ3v) is 7.91. The van der Waals surface area contributed by atoms with E-state index in [2.05, 4.69) is 15.5 Å². The summed E-state index contributed by atoms with van der Waals surface area (Å²) in [6.07, 6.45) is 1.51. The van der Waals surface area contributed by atoms with Crippen LogP contribution in [0.5, 0.6) is 0 Å². The highest BCUT2D eigenvalue weighted by atomic mass is 35.5. The fraction of sp³-hybridized carbons (Fsp3) is 0.160. The molecule has 36 heavy (non-hydrogen) atoms. The molecule has 5 rings (SSSR count). The highest BCUT2D eigenvalue weighted by molar-refractivity contribution is 7.80. The van der Waals surface area contributed by atoms with Gasteiger partial charge in [-0.1, -0.05) is 29.3 Å². The van der Waals surface area contributed by atoms with Gasteiger partial charge in [-0.25, -0.2) is 0 Å². The van der Waals surface area contributed by atoms with E-state index < -0.39 is 0 Å². The Bertz CT molecular complexity index is 1430. The number of nitrogens with one attached hydrogen (secondary N) is 2. The minimum atomic E-state index is -0.381. The van der Waals surface area contributed by atoms with Crippen LogP contribution in [0, 0.1) is 0 Å². The van der Waals surface area contributed by atoms with Crippen LogP contribution in [0.1, 0.15) is 20.2 Å². The van der Waals surface area contributed by atoms with Crippen LogP contribution in [0.4, 0.5) is 11.4 Å². The number of rotatable bonds is 4. The summed E-state index contributed by atoms with van der Waals surface area (Å²) in [4.78, 5) is 29.6. The average Bonchev–Trinajstić information content (AvgIpc) is 3.52. The molecule has 2 aromatic carbocycles. The van der Waals surface area contributed by atoms with Crippen LogP contribution in [0.2, 0.25) is 10.0 Å². The summed E-state index contributed by atoms with van der Waals surface area (Å²) in [7, 11) is 0. The zero-order chi connectivity index (χ0) is 25.2. The van der Waals surface area contributed by atoms with E-state index in [1.165, 1.54) is 17.6 Å². The number of thiocarbonyl (C=S) groups is 1. The molecule has 1 fully saturated rings. The van der Waals surface area contributed by atoms with Gasteiger partial charge in [0, 0.05) is 52.7 Å². The summed E-state index contributed by atoms with van der Waals surface area (Å²) < 4.78 is 6.05. The van der Waals surface area contributed by atoms with Gasteiger partial charge >= 0.3 is 0 Å². The van der Waals surface area contributed by atoms with Gasteiger partial charge in [0.05, 0.1) is 11.3 Å². The number of carbonyl (C=O) groups is 2. The number of hydrogen-bond donors (Lipinski definition) is 2. The van der Waals surface area contributed by atoms with Crippen molar-refractivity contribution in [3.63, 3.8) is 0 Å². The van der Waals surface area contributed by atoms with Crippen LogP contribution >= 0.6 is 46.8 Å². The molecule has 0 unspecified atom stereocenters. The van der Waals surface area contributed by atoms with Crippen LogP contribution in [-0.2, 0) is 0 Å². The molecule has 0 atom stereocenters. The Morgan fingerprint density at radius 2 is 1.75 bits per heavy atom. The zero-order valence-electron chi connectivity index (χ0n) is 18.8. The molecule has 0 saturated carbocycles. The molecular weight excluding hydrogens is 539 g/mol. The predicted octanol–water partition coefficient (Wildman–Crippen LogP) is 5.89. The summed E-state index contributed by atoms with van der Waals surface area (Å²) in [6, 6.07) is 16.4. The number of fused-ring (bicyclic) bond motifs is 1. The maximum absolute atomic E-state index is 12.7. The second-order valence-electron chi connectivity index (χ2n) is 8.10. The Kier molecular flexibility index (Phi) is 7.15. The van der Waals surface area contributed by atoms with E-state index in [1.807, 2.05) is 24.3 Å². The van der Waals surface area contributed by atoms with E-state index in [9.17, 15) is 9.59 Å². The molecule has 0 bridgehead atoms. The van der Waals surface area contributed by atoms with Crippen molar-refractivity contribution in [1.29, 1.82) is 0 Å². The molecule has 1 aliphatic rings. The van der Waals surface area contributed by atoms with Gasteiger partial charge in [-0.15, -0.1) is 11.3 Å². The molecule has 1 aliphatic heterocycles. The molecule has 11 heteroatoms. The number of hydrogen-bond acceptors (Lipinski definition) is 6. The van der Waals surface area contributed by atoms with E-state index in [1.54, 1.807) is 35.2 Å². The van der Waals surface area contributed by atoms with Crippen molar-refractivity contribution in [2.24, 2.45) is 0 Å². The molecule has 2 N–H and O–H groups in total. The SMILES string of the molecule is O=C(NC(=S)Nc1ccc(N2CCN(C(=O)c3ccco3)CC2)cc1)c1sc2cc(Cl)ccc2c1Cl. The van der Waals surface area contributed by atoms with E-state index >= 15 is 0 Å². The Morgan fingerprint density at radius 1 is 1.00 bits per heavy atom. The normalized spacial score (nSPS) is 13.6. The second kappa shape index (κ2) is 10.5. The Morgan fingerprint density at radius 3 is 2.44 bits per heavy atom. The monoisotopic (exact) mass is 558 g/mol. The molecule has 184 valence electrons. The summed E-state index contributed by atoms with van der Waals surface area (Å²) >= 11 is 19.0. The van der Waals surface area contributed by atoms with Crippen LogP contribution in [0.3, 0.4) is 0 Å². The maximum atomic E-state index is 12.7. The highest BCUT2D eigenvalue weighted by Gasteiger charge is 2.24. The quantitative estimate of drug-likeness (QED) is 0.304. The Balaban J connectivity index is 1.15. The number of anilines is 2. The zero-order valence-corrected chi connectivity index (χ0v) is 21.9. The third-order valence-electron chi connectivity index (χ3n) is 5.81. The maximum Gasteiger partial charge on any atom is 0.289 e. The van der Waals surface area contributed by atoms with E-state index in [0.29, 0.717) is 33.8 Å². The van der Waals surface area contributed by atoms with Crippen LogP contribution in [0.15, 0.2) is 65.3 Å². The van der Waals surface area contributed by atoms with Crippen molar-refractivity contribution in [3.8, 4) is 0 Å². The molecule has 0 aliphatic carbocycles. The molecule has 0 spiro atoms. The number of furan rings is 1. The molecule has 7 nitrogen and oxygen atoms in total. The van der Waals surface area contributed by atoms with Gasteiger partial charge in [-0.3, -0.25) is 14.9 Å². The minimum Gasteiger partial charge on any atom is -0.459 e. The number of carbonyl (C=O) groups excluding carboxylic acids is 2. The molecule has 4 aromatic rings. The van der Waals surface area contributed by atoms with Crippen molar-refractivity contribution in [2.75, 3.05) is 36.4 Å². The number of thiophene rings is 1. The molecule has 3 heterocycles. The van der Waals surface area contributed by atoms with Crippen molar-refractivity contribution in [3.05, 3.63) is 81.5 Å². The lowest BCUT2D eigenvalue weighted by molar-refractivity contribution is 0.0714. The lowest BCUT2D eigenvalue weighted by atomic mass is 10.2. The fourth-order valence-electron chi connectivity index (χ4n) is 3.99. The van der Waals surface area contributed by atoms with Gasteiger partial charge < -0.3 is 19.5 Å². The van der Waals surface area contributed by atoms with Crippen LogP contribution in [-0.4, -0.2) is 48.0 Å². The first-order valence-electron chi connectivity index (χ1n) is 11.1. The molecular formula is C25H20Cl2N4O3S2. The van der Waals surface area contributed by atoms with E-state index in [4.69, 9.17) is 39.8 Å². The third kappa shape index (κ3) is 5.19. The number of benzene rings is 2. The van der Waals surface area contributed by atoms with Gasteiger partial charge in [0.2, 0.25) is 0 Å². The van der Waals surface area contributed by atoms with Gasteiger partial charge in [-0.05, 0) is 60.7 Å². The first kappa shape index (κ1) is 24.6. The second-order valence-corrected chi connectivity index (χ2v) is 10.4. The molecule has 0 radical (unpaired) electrons. The van der Waals surface area contributed by atoms with Crippen molar-refractivity contribution in [1.82, 2.24) is 10.2 Å². The van der Waals surface area contributed by atoms with Crippen LogP contribution < -0.4 is 15.5 Å². The lowest BCUT2D eigenvalue weighted by Gasteiger charge is -2.35. The summed E-state index contributed by atoms with van der Waals surface area (Å²) in [5.41, 5.74) is 1.78. The molecule has 1 saturated heterocycles. The predicted molar refractivity (Wildman–Crippen MR) is 149 cm³/mol. The van der Waals surface area contributed by atoms with Crippen LogP contribution in [0.25, 0.3) is 10.1 Å². The Labute approximate surface area is 226 Å². The molecule has 2 aromatic heterocycles. The first-order valence-corrected chi connectivity index (χ1v) is 13.0. The minimum absolute atomic E-state index is 0.0875. The van der Waals surface area contributed by atoms with E-state index in [-0.39, 0.29) is 16.9 Å². The van der Waals surface area contributed by atoms with Gasteiger partial charge in [0.25, 0.3) is 11.8 Å². The van der Waals surface area contributed by atoms with Gasteiger partial charge in [0.1, 0.15) is 4.88 Å². The number of piperazine rings is 1. The smallest absolute Gasteiger partial charge is 0.289 e. The van der Waals surface area contributed by atoms with Crippen molar-refractivity contribution in [2.45, 2.75) is 0 Å². The summed E-state index contributed by atoms with van der Waals surface area (Å²) in [5.74, 6) is -0.107. The lowest BCUT2D eigenvalue weighted by Crippen LogP contribution is -2.48. The molecule has 2 amide bonds. The number of amides is 2. The Hall–Kier alpha value is -3.11. The average molecular weight is 560 g/mol. The van der Waals surface area contributed by atoms with Gasteiger partial charge in [-0.2, -0.15) is 0 Å². The topological polar surface area (TPSA) is 77.8 Å². The number of nitrogens with zero attached hydrogens (tertiary/aromatic N) is 2. The summed E-state index contributed by atoms with van der Waals surface area (Å²) in [6.45, 7) is 2.66. The largest absolute Gasteiger partial charge is 0.459 e. The number of halogens is 2. The van der Waals surface area contributed by atoms with Gasteiger partial charge in [0.15, 0.2) is 10.9 Å². The first-order chi connectivity index (χ1) is 17.4. The van der Waals surface area contributed by atoms with E-state index in [0.717, 1.165) is 34.6 Å².